The van der Waals surface area contributed by atoms with E-state index < -0.39 is 24.0 Å². The van der Waals surface area contributed by atoms with Crippen molar-refractivity contribution in [1.29, 1.82) is 0 Å². The lowest BCUT2D eigenvalue weighted by Crippen LogP contribution is -2.30. The van der Waals surface area contributed by atoms with Crippen LogP contribution in [0, 0.1) is 0 Å². The molecule has 0 heterocycles. The van der Waals surface area contributed by atoms with Crippen LogP contribution in [0.3, 0.4) is 0 Å². The zero-order valence-electron chi connectivity index (χ0n) is 19.0. The Kier molecular flexibility index (Phi) is 18.7. The van der Waals surface area contributed by atoms with Gasteiger partial charge in [-0.25, -0.2) is 0 Å². The SMILES string of the molecule is CC.CC.NC(CCc1ccc(O)cc1)C(=O)O.NC(CCc1ccccc1)C(=O)O. The molecule has 31 heavy (non-hydrogen) atoms. The number of carbonyl (C=O) groups is 2. The summed E-state index contributed by atoms with van der Waals surface area (Å²) in [5.74, 6) is -1.71. The number of hydrogen-bond donors (Lipinski definition) is 5. The second-order valence-electron chi connectivity index (χ2n) is 6.12. The number of nitrogens with two attached hydrogens (primary N) is 2. The number of carboxylic acids is 2. The van der Waals surface area contributed by atoms with Gasteiger partial charge in [-0.05, 0) is 48.9 Å². The largest absolute Gasteiger partial charge is 0.508 e. The highest BCUT2D eigenvalue weighted by molar-refractivity contribution is 5.73. The molecule has 0 bridgehead atoms. The standard InChI is InChI=1S/C10H13NO3.C10H13NO2.2C2H6/c11-9(10(13)14)6-3-7-1-4-8(12)5-2-7;11-9(10(12)13)7-6-8-4-2-1-3-5-8;2*1-2/h1-2,4-5,9,12H,3,6,11H2,(H,13,14);1-5,9H,6-7,11H2,(H,12,13);2*1-2H3. The Balaban J connectivity index is 0. The third-order valence-corrected chi connectivity index (χ3v) is 3.90. The van der Waals surface area contributed by atoms with Crippen molar-refractivity contribution >= 4 is 11.9 Å². The topological polar surface area (TPSA) is 147 Å². The third-order valence-electron chi connectivity index (χ3n) is 3.90. The van der Waals surface area contributed by atoms with Crippen molar-refractivity contribution in [2.24, 2.45) is 11.5 Å². The number of phenolic OH excluding ortho intramolecular Hbond substituents is 1. The van der Waals surface area contributed by atoms with Crippen molar-refractivity contribution in [3.63, 3.8) is 0 Å². The van der Waals surface area contributed by atoms with E-state index in [2.05, 4.69) is 0 Å². The van der Waals surface area contributed by atoms with E-state index in [4.69, 9.17) is 26.8 Å². The molecule has 0 radical (unpaired) electrons. The maximum Gasteiger partial charge on any atom is 0.320 e. The summed E-state index contributed by atoms with van der Waals surface area (Å²) in [7, 11) is 0. The van der Waals surface area contributed by atoms with Crippen LogP contribution in [0.25, 0.3) is 0 Å². The van der Waals surface area contributed by atoms with Crippen LogP contribution >= 0.6 is 0 Å². The van der Waals surface area contributed by atoms with Gasteiger partial charge in [-0.15, -0.1) is 0 Å². The first-order chi connectivity index (χ1) is 14.8. The molecule has 0 spiro atoms. The molecule has 2 aromatic carbocycles. The lowest BCUT2D eigenvalue weighted by Gasteiger charge is -2.05. The van der Waals surface area contributed by atoms with E-state index in [-0.39, 0.29) is 5.75 Å². The zero-order chi connectivity index (χ0) is 24.2. The van der Waals surface area contributed by atoms with Crippen molar-refractivity contribution in [2.45, 2.75) is 65.5 Å². The first-order valence-electron chi connectivity index (χ1n) is 10.6. The van der Waals surface area contributed by atoms with Gasteiger partial charge in [0.25, 0.3) is 0 Å². The number of aliphatic carboxylic acids is 2. The number of rotatable bonds is 8. The molecule has 174 valence electrons. The predicted molar refractivity (Wildman–Crippen MR) is 125 cm³/mol. The van der Waals surface area contributed by atoms with Gasteiger partial charge in [0.05, 0.1) is 0 Å². The molecule has 0 saturated carbocycles. The Bertz CT molecular complexity index is 706. The van der Waals surface area contributed by atoms with E-state index >= 15 is 0 Å². The van der Waals surface area contributed by atoms with Gasteiger partial charge in [0.1, 0.15) is 17.8 Å². The predicted octanol–water partition coefficient (Wildman–Crippen LogP) is 3.82. The summed E-state index contributed by atoms with van der Waals surface area (Å²) in [6.07, 6.45) is 2.21. The minimum atomic E-state index is -0.983. The van der Waals surface area contributed by atoms with Gasteiger partial charge in [-0.2, -0.15) is 0 Å². The highest BCUT2D eigenvalue weighted by Gasteiger charge is 2.11. The molecule has 0 aliphatic rings. The first kappa shape index (κ1) is 30.3. The lowest BCUT2D eigenvalue weighted by molar-refractivity contribution is -0.139. The summed E-state index contributed by atoms with van der Waals surface area (Å²) in [5, 5.41) is 26.1. The summed E-state index contributed by atoms with van der Waals surface area (Å²) < 4.78 is 0. The molecule has 0 aliphatic carbocycles. The van der Waals surface area contributed by atoms with Gasteiger partial charge >= 0.3 is 11.9 Å². The van der Waals surface area contributed by atoms with Crippen LogP contribution < -0.4 is 11.5 Å². The van der Waals surface area contributed by atoms with Crippen molar-refractivity contribution in [3.8, 4) is 5.75 Å². The Morgan fingerprint density at radius 2 is 1.06 bits per heavy atom. The molecular weight excluding hydrogens is 396 g/mol. The monoisotopic (exact) mass is 434 g/mol. The number of hydrogen-bond acceptors (Lipinski definition) is 5. The van der Waals surface area contributed by atoms with E-state index in [0.29, 0.717) is 25.7 Å². The molecule has 2 rings (SSSR count). The third kappa shape index (κ3) is 15.6. The zero-order valence-corrected chi connectivity index (χ0v) is 19.0. The fourth-order valence-corrected chi connectivity index (χ4v) is 2.20. The molecule has 0 saturated heterocycles. The fraction of sp³-hybridized carbons (Fsp3) is 0.417. The molecule has 2 unspecified atom stereocenters. The number of aromatic hydroxyl groups is 1. The molecule has 0 amide bonds. The number of carboxylic acid groups (broad SMARTS) is 2. The summed E-state index contributed by atoms with van der Waals surface area (Å²) in [6, 6.07) is 14.8. The van der Waals surface area contributed by atoms with Gasteiger partial charge in [0.2, 0.25) is 0 Å². The van der Waals surface area contributed by atoms with Gasteiger partial charge < -0.3 is 26.8 Å². The molecule has 7 N–H and O–H groups in total. The quantitative estimate of drug-likeness (QED) is 0.424. The maximum absolute atomic E-state index is 10.4. The maximum atomic E-state index is 10.4. The summed E-state index contributed by atoms with van der Waals surface area (Å²) in [5.41, 5.74) is 12.8. The molecule has 7 nitrogen and oxygen atoms in total. The molecule has 0 aliphatic heterocycles. The smallest absolute Gasteiger partial charge is 0.320 e. The second-order valence-corrected chi connectivity index (χ2v) is 6.12. The van der Waals surface area contributed by atoms with Crippen LogP contribution in [0.1, 0.15) is 51.7 Å². The summed E-state index contributed by atoms with van der Waals surface area (Å²) in [4.78, 5) is 20.8. The van der Waals surface area contributed by atoms with E-state index in [1.165, 1.54) is 0 Å². The van der Waals surface area contributed by atoms with Crippen LogP contribution in [0.4, 0.5) is 0 Å². The van der Waals surface area contributed by atoms with Gasteiger partial charge in [-0.1, -0.05) is 70.2 Å². The normalized spacial score (nSPS) is 11.2. The number of aryl methyl sites for hydroxylation is 2. The van der Waals surface area contributed by atoms with Gasteiger partial charge in [-0.3, -0.25) is 9.59 Å². The first-order valence-corrected chi connectivity index (χ1v) is 10.6. The molecule has 2 aromatic rings. The summed E-state index contributed by atoms with van der Waals surface area (Å²) >= 11 is 0. The van der Waals surface area contributed by atoms with Crippen molar-refractivity contribution < 1.29 is 24.9 Å². The van der Waals surface area contributed by atoms with E-state index in [1.807, 2.05) is 58.0 Å². The Hall–Kier alpha value is -2.90. The summed E-state index contributed by atoms with van der Waals surface area (Å²) in [6.45, 7) is 8.00. The minimum absolute atomic E-state index is 0.205. The highest BCUT2D eigenvalue weighted by Crippen LogP contribution is 2.11. The number of benzene rings is 2. The van der Waals surface area contributed by atoms with Crippen molar-refractivity contribution in [2.75, 3.05) is 0 Å². The van der Waals surface area contributed by atoms with E-state index in [9.17, 15) is 9.59 Å². The average molecular weight is 435 g/mol. The minimum Gasteiger partial charge on any atom is -0.508 e. The van der Waals surface area contributed by atoms with Gasteiger partial charge in [0, 0.05) is 0 Å². The molecule has 2 atom stereocenters. The van der Waals surface area contributed by atoms with Crippen molar-refractivity contribution in [3.05, 3.63) is 65.7 Å². The van der Waals surface area contributed by atoms with Crippen LogP contribution in [-0.2, 0) is 22.4 Å². The van der Waals surface area contributed by atoms with Crippen LogP contribution in [0.2, 0.25) is 0 Å². The van der Waals surface area contributed by atoms with Crippen LogP contribution in [0.15, 0.2) is 54.6 Å². The average Bonchev–Trinajstić information content (AvgIpc) is 2.80. The fourth-order valence-electron chi connectivity index (χ4n) is 2.20. The van der Waals surface area contributed by atoms with E-state index in [1.54, 1.807) is 24.3 Å². The van der Waals surface area contributed by atoms with E-state index in [0.717, 1.165) is 11.1 Å². The Morgan fingerprint density at radius 3 is 1.42 bits per heavy atom. The molecule has 0 fully saturated rings. The van der Waals surface area contributed by atoms with Crippen molar-refractivity contribution in [1.82, 2.24) is 0 Å². The molecular formula is C24H38N2O5. The van der Waals surface area contributed by atoms with Crippen LogP contribution in [-0.4, -0.2) is 39.3 Å². The Morgan fingerprint density at radius 1 is 0.710 bits per heavy atom. The molecule has 0 aromatic heterocycles. The number of phenols is 1. The van der Waals surface area contributed by atoms with Gasteiger partial charge in [0.15, 0.2) is 0 Å². The molecule has 7 heteroatoms. The lowest BCUT2D eigenvalue weighted by atomic mass is 10.1. The second kappa shape index (κ2) is 19.1. The Labute approximate surface area is 185 Å². The highest BCUT2D eigenvalue weighted by atomic mass is 16.4. The van der Waals surface area contributed by atoms with Crippen LogP contribution in [0.5, 0.6) is 5.75 Å².